The molecular formula is C27H25NO2S. The Morgan fingerprint density at radius 1 is 0.839 bits per heavy atom. The van der Waals surface area contributed by atoms with Crippen LogP contribution < -0.4 is 0 Å². The van der Waals surface area contributed by atoms with Crippen LogP contribution in [0.1, 0.15) is 35.4 Å². The van der Waals surface area contributed by atoms with E-state index >= 15 is 0 Å². The van der Waals surface area contributed by atoms with E-state index in [-0.39, 0.29) is 5.92 Å². The van der Waals surface area contributed by atoms with Crippen LogP contribution in [0, 0.1) is 6.92 Å². The molecule has 0 fully saturated rings. The number of sulfonamides is 1. The predicted octanol–water partition coefficient (Wildman–Crippen LogP) is 5.91. The zero-order valence-corrected chi connectivity index (χ0v) is 18.3. The first-order chi connectivity index (χ1) is 15.0. The SMILES string of the molecule is Cc1ccc(S(=O)(=O)N2CCC3=C2C(c2ccccc2)=CC(c2ccccc2)C3)cc1. The van der Waals surface area contributed by atoms with E-state index in [2.05, 4.69) is 42.5 Å². The summed E-state index contributed by atoms with van der Waals surface area (Å²) >= 11 is 0. The summed E-state index contributed by atoms with van der Waals surface area (Å²) in [6, 6.07) is 27.8. The van der Waals surface area contributed by atoms with Crippen molar-refractivity contribution in [2.75, 3.05) is 6.54 Å². The average molecular weight is 428 g/mol. The molecule has 0 saturated carbocycles. The van der Waals surface area contributed by atoms with Gasteiger partial charge in [-0.2, -0.15) is 0 Å². The summed E-state index contributed by atoms with van der Waals surface area (Å²) in [5.74, 6) is 0.247. The lowest BCUT2D eigenvalue weighted by molar-refractivity contribution is 0.507. The lowest BCUT2D eigenvalue weighted by atomic mass is 9.82. The van der Waals surface area contributed by atoms with Gasteiger partial charge in [0.15, 0.2) is 0 Å². The fourth-order valence-corrected chi connectivity index (χ4v) is 6.15. The summed E-state index contributed by atoms with van der Waals surface area (Å²) in [6.45, 7) is 2.46. The first-order valence-corrected chi connectivity index (χ1v) is 12.1. The molecule has 1 heterocycles. The third-order valence-corrected chi connectivity index (χ3v) is 8.03. The average Bonchev–Trinajstić information content (AvgIpc) is 3.25. The molecule has 0 radical (unpaired) electrons. The number of hydrogen-bond donors (Lipinski definition) is 0. The highest BCUT2D eigenvalue weighted by molar-refractivity contribution is 7.89. The smallest absolute Gasteiger partial charge is 0.264 e. The van der Waals surface area contributed by atoms with E-state index in [1.54, 1.807) is 16.4 Å². The second-order valence-corrected chi connectivity index (χ2v) is 10.1. The molecule has 4 heteroatoms. The highest BCUT2D eigenvalue weighted by atomic mass is 32.2. The van der Waals surface area contributed by atoms with E-state index in [1.165, 1.54) is 11.1 Å². The van der Waals surface area contributed by atoms with Gasteiger partial charge in [-0.25, -0.2) is 8.42 Å². The van der Waals surface area contributed by atoms with Gasteiger partial charge in [0.05, 0.1) is 10.6 Å². The standard InChI is InChI=1S/C27H25NO2S/c1-20-12-14-25(15-13-20)31(29,30)28-17-16-23-18-24(21-8-4-2-5-9-21)19-26(27(23)28)22-10-6-3-7-11-22/h2-15,19,24H,16-18H2,1H3. The highest BCUT2D eigenvalue weighted by Gasteiger charge is 2.38. The number of aryl methyl sites for hydroxylation is 1. The van der Waals surface area contributed by atoms with Gasteiger partial charge in [0.1, 0.15) is 0 Å². The Morgan fingerprint density at radius 2 is 1.48 bits per heavy atom. The molecular weight excluding hydrogens is 402 g/mol. The largest absolute Gasteiger partial charge is 0.265 e. The van der Waals surface area contributed by atoms with Gasteiger partial charge < -0.3 is 0 Å². The summed E-state index contributed by atoms with van der Waals surface area (Å²) in [5.41, 5.74) is 6.49. The van der Waals surface area contributed by atoms with Gasteiger partial charge in [0, 0.05) is 18.0 Å². The molecule has 1 unspecified atom stereocenters. The minimum absolute atomic E-state index is 0.247. The van der Waals surface area contributed by atoms with Gasteiger partial charge in [0.2, 0.25) is 0 Å². The quantitative estimate of drug-likeness (QED) is 0.519. The number of hydrogen-bond acceptors (Lipinski definition) is 2. The van der Waals surface area contributed by atoms with Gasteiger partial charge in [-0.3, -0.25) is 4.31 Å². The van der Waals surface area contributed by atoms with Gasteiger partial charge in [-0.1, -0.05) is 84.4 Å². The second kappa shape index (κ2) is 7.86. The second-order valence-electron chi connectivity index (χ2n) is 8.26. The summed E-state index contributed by atoms with van der Waals surface area (Å²) in [7, 11) is -3.61. The number of rotatable bonds is 4. The molecule has 3 aromatic rings. The van der Waals surface area contributed by atoms with Crippen molar-refractivity contribution in [2.45, 2.75) is 30.6 Å². The molecule has 0 aromatic heterocycles. The van der Waals surface area contributed by atoms with Crippen molar-refractivity contribution in [2.24, 2.45) is 0 Å². The Kier molecular flexibility index (Phi) is 5.03. The molecule has 0 amide bonds. The third-order valence-electron chi connectivity index (χ3n) is 6.21. The van der Waals surface area contributed by atoms with E-state index in [9.17, 15) is 8.42 Å². The van der Waals surface area contributed by atoms with Crippen molar-refractivity contribution in [3.63, 3.8) is 0 Å². The van der Waals surface area contributed by atoms with E-state index in [0.717, 1.165) is 35.2 Å². The first kappa shape index (κ1) is 19.8. The number of nitrogens with zero attached hydrogens (tertiary/aromatic N) is 1. The molecule has 31 heavy (non-hydrogen) atoms. The maximum absolute atomic E-state index is 13.6. The van der Waals surface area contributed by atoms with E-state index in [1.807, 2.05) is 43.3 Å². The monoisotopic (exact) mass is 427 g/mol. The molecule has 5 rings (SSSR count). The molecule has 1 aliphatic heterocycles. The molecule has 0 bridgehead atoms. The van der Waals surface area contributed by atoms with Crippen molar-refractivity contribution in [1.82, 2.24) is 4.31 Å². The van der Waals surface area contributed by atoms with E-state index < -0.39 is 10.0 Å². The fraction of sp³-hybridized carbons (Fsp3) is 0.185. The zero-order chi connectivity index (χ0) is 21.4. The van der Waals surface area contributed by atoms with Crippen molar-refractivity contribution >= 4 is 15.6 Å². The van der Waals surface area contributed by atoms with Crippen molar-refractivity contribution < 1.29 is 8.42 Å². The van der Waals surface area contributed by atoms with Crippen LogP contribution in [0.15, 0.2) is 107 Å². The maximum atomic E-state index is 13.6. The zero-order valence-electron chi connectivity index (χ0n) is 17.5. The van der Waals surface area contributed by atoms with Crippen molar-refractivity contribution in [1.29, 1.82) is 0 Å². The molecule has 156 valence electrons. The Morgan fingerprint density at radius 3 is 2.16 bits per heavy atom. The summed E-state index contributed by atoms with van der Waals surface area (Å²) < 4.78 is 28.8. The van der Waals surface area contributed by atoms with Gasteiger partial charge in [-0.05, 0) is 48.6 Å². The fourth-order valence-electron chi connectivity index (χ4n) is 4.61. The Labute approximate surface area is 184 Å². The topological polar surface area (TPSA) is 37.4 Å². The Hall–Kier alpha value is -3.11. The van der Waals surface area contributed by atoms with Crippen LogP contribution in [0.25, 0.3) is 5.57 Å². The summed E-state index contributed by atoms with van der Waals surface area (Å²) in [6.07, 6.45) is 3.88. The van der Waals surface area contributed by atoms with Crippen LogP contribution in [0.3, 0.4) is 0 Å². The predicted molar refractivity (Wildman–Crippen MR) is 125 cm³/mol. The van der Waals surface area contributed by atoms with Gasteiger partial charge in [-0.15, -0.1) is 0 Å². The van der Waals surface area contributed by atoms with Crippen LogP contribution in [-0.2, 0) is 10.0 Å². The Balaban J connectivity index is 1.61. The summed E-state index contributed by atoms with van der Waals surface area (Å²) in [5, 5.41) is 0. The maximum Gasteiger partial charge on any atom is 0.264 e. The van der Waals surface area contributed by atoms with Crippen molar-refractivity contribution in [3.8, 4) is 0 Å². The minimum Gasteiger partial charge on any atom is -0.265 e. The molecule has 2 aliphatic rings. The van der Waals surface area contributed by atoms with Crippen molar-refractivity contribution in [3.05, 3.63) is 119 Å². The van der Waals surface area contributed by atoms with Crippen LogP contribution in [0.2, 0.25) is 0 Å². The minimum atomic E-state index is -3.61. The lowest BCUT2D eigenvalue weighted by Crippen LogP contribution is -2.29. The number of allylic oxidation sites excluding steroid dienone is 2. The molecule has 3 aromatic carbocycles. The lowest BCUT2D eigenvalue weighted by Gasteiger charge is -2.29. The van der Waals surface area contributed by atoms with Crippen LogP contribution in [0.5, 0.6) is 0 Å². The van der Waals surface area contributed by atoms with Crippen LogP contribution in [0.4, 0.5) is 0 Å². The van der Waals surface area contributed by atoms with E-state index in [4.69, 9.17) is 0 Å². The number of benzene rings is 3. The van der Waals surface area contributed by atoms with Crippen LogP contribution >= 0.6 is 0 Å². The highest BCUT2D eigenvalue weighted by Crippen LogP contribution is 2.46. The normalized spacial score (nSPS) is 18.7. The molecule has 0 N–H and O–H groups in total. The summed E-state index contributed by atoms with van der Waals surface area (Å²) in [4.78, 5) is 0.351. The van der Waals surface area contributed by atoms with Gasteiger partial charge in [0.25, 0.3) is 10.0 Å². The molecule has 0 spiro atoms. The third kappa shape index (κ3) is 3.61. The van der Waals surface area contributed by atoms with E-state index in [0.29, 0.717) is 11.4 Å². The molecule has 3 nitrogen and oxygen atoms in total. The van der Waals surface area contributed by atoms with Crippen LogP contribution in [-0.4, -0.2) is 19.3 Å². The molecule has 0 saturated heterocycles. The first-order valence-electron chi connectivity index (χ1n) is 10.7. The molecule has 1 atom stereocenters. The Bertz CT molecular complexity index is 1260. The van der Waals surface area contributed by atoms with Gasteiger partial charge >= 0.3 is 0 Å². The molecule has 1 aliphatic carbocycles.